The van der Waals surface area contributed by atoms with Crippen molar-refractivity contribution in [1.29, 1.82) is 0 Å². The Hall–Kier alpha value is -2.69. The van der Waals surface area contributed by atoms with Crippen molar-refractivity contribution in [3.05, 3.63) is 54.2 Å². The van der Waals surface area contributed by atoms with E-state index in [4.69, 9.17) is 13.6 Å². The molecule has 0 aliphatic heterocycles. The van der Waals surface area contributed by atoms with Crippen molar-refractivity contribution in [2.24, 2.45) is 0 Å². The first-order valence-electron chi connectivity index (χ1n) is 8.66. The fourth-order valence-electron chi connectivity index (χ4n) is 3.60. The van der Waals surface area contributed by atoms with E-state index in [1.165, 1.54) is 0 Å². The summed E-state index contributed by atoms with van der Waals surface area (Å²) in [5.74, 6) is 1.67. The molecular weight excluding hydrogens is 318 g/mol. The van der Waals surface area contributed by atoms with Crippen LogP contribution in [0.5, 0.6) is 5.75 Å². The predicted octanol–water partition coefficient (Wildman–Crippen LogP) is 4.62. The third kappa shape index (κ3) is 3.02. The molecule has 0 unspecified atom stereocenters. The van der Waals surface area contributed by atoms with Crippen LogP contribution in [0, 0.1) is 0 Å². The number of carbonyl (C=O) groups is 1. The van der Waals surface area contributed by atoms with Gasteiger partial charge in [-0.2, -0.15) is 0 Å². The van der Waals surface area contributed by atoms with Crippen molar-refractivity contribution < 1.29 is 18.4 Å². The van der Waals surface area contributed by atoms with E-state index < -0.39 is 0 Å². The van der Waals surface area contributed by atoms with E-state index in [2.05, 4.69) is 0 Å². The monoisotopic (exact) mass is 339 g/mol. The smallest absolute Gasteiger partial charge is 0.290 e. The van der Waals surface area contributed by atoms with Crippen LogP contribution in [0.3, 0.4) is 0 Å². The minimum Gasteiger partial charge on any atom is -0.493 e. The van der Waals surface area contributed by atoms with Gasteiger partial charge in [0.2, 0.25) is 0 Å². The van der Waals surface area contributed by atoms with Crippen LogP contribution in [0.15, 0.2) is 51.5 Å². The highest BCUT2D eigenvalue weighted by atomic mass is 16.5. The summed E-state index contributed by atoms with van der Waals surface area (Å²) in [6.45, 7) is 0.463. The number of hydrogen-bond acceptors (Lipinski definition) is 4. The molecule has 25 heavy (non-hydrogen) atoms. The molecule has 3 aromatic rings. The van der Waals surface area contributed by atoms with E-state index in [0.717, 1.165) is 36.8 Å². The second-order valence-electron chi connectivity index (χ2n) is 6.44. The summed E-state index contributed by atoms with van der Waals surface area (Å²) in [4.78, 5) is 15.1. The minimum absolute atomic E-state index is 0.0958. The maximum Gasteiger partial charge on any atom is 0.290 e. The van der Waals surface area contributed by atoms with Crippen molar-refractivity contribution in [2.45, 2.75) is 38.3 Å². The predicted molar refractivity (Wildman–Crippen MR) is 93.6 cm³/mol. The minimum atomic E-state index is -0.0958. The van der Waals surface area contributed by atoms with Gasteiger partial charge in [0.15, 0.2) is 17.1 Å². The molecule has 130 valence electrons. The average molecular weight is 339 g/mol. The standard InChI is InChI=1S/C20H21NO4/c1-23-17-10-4-6-14-12-18(25-19(14)17)20(22)21(15-7-2-3-8-15)13-16-9-5-11-24-16/h4-6,9-12,15H,2-3,7-8,13H2,1H3. The Labute approximate surface area is 146 Å². The fourth-order valence-corrected chi connectivity index (χ4v) is 3.60. The molecule has 1 aliphatic rings. The molecule has 1 amide bonds. The number of nitrogens with zero attached hydrogens (tertiary/aromatic N) is 1. The molecular formula is C20H21NO4. The second kappa shape index (κ2) is 6.67. The van der Waals surface area contributed by atoms with Crippen LogP contribution >= 0.6 is 0 Å². The van der Waals surface area contributed by atoms with Gasteiger partial charge in [-0.25, -0.2) is 0 Å². The topological polar surface area (TPSA) is 55.8 Å². The van der Waals surface area contributed by atoms with Crippen LogP contribution in [0.1, 0.15) is 42.0 Å². The first-order valence-corrected chi connectivity index (χ1v) is 8.66. The van der Waals surface area contributed by atoms with Crippen molar-refractivity contribution in [2.75, 3.05) is 7.11 Å². The number of para-hydroxylation sites is 1. The van der Waals surface area contributed by atoms with E-state index in [9.17, 15) is 4.79 Å². The highest BCUT2D eigenvalue weighted by Crippen LogP contribution is 2.31. The molecule has 1 aromatic carbocycles. The summed E-state index contributed by atoms with van der Waals surface area (Å²) < 4.78 is 16.7. The SMILES string of the molecule is COc1cccc2cc(C(=O)N(Cc3ccco3)C3CCCC3)oc12. The first kappa shape index (κ1) is 15.8. The van der Waals surface area contributed by atoms with Crippen LogP contribution in [-0.4, -0.2) is 24.0 Å². The van der Waals surface area contributed by atoms with Gasteiger partial charge in [0.05, 0.1) is 19.9 Å². The van der Waals surface area contributed by atoms with E-state index in [0.29, 0.717) is 23.6 Å². The van der Waals surface area contributed by atoms with Gasteiger partial charge >= 0.3 is 0 Å². The van der Waals surface area contributed by atoms with Crippen molar-refractivity contribution in [3.8, 4) is 5.75 Å². The lowest BCUT2D eigenvalue weighted by Gasteiger charge is -2.27. The van der Waals surface area contributed by atoms with Crippen LogP contribution < -0.4 is 4.74 Å². The maximum atomic E-state index is 13.2. The molecule has 0 atom stereocenters. The number of furan rings is 2. The largest absolute Gasteiger partial charge is 0.493 e. The lowest BCUT2D eigenvalue weighted by molar-refractivity contribution is 0.0618. The molecule has 0 N–H and O–H groups in total. The number of methoxy groups -OCH3 is 1. The molecule has 1 aliphatic carbocycles. The molecule has 0 saturated heterocycles. The number of rotatable bonds is 5. The van der Waals surface area contributed by atoms with Crippen molar-refractivity contribution >= 4 is 16.9 Å². The molecule has 2 aromatic heterocycles. The fraction of sp³-hybridized carbons (Fsp3) is 0.350. The number of carbonyl (C=O) groups excluding carboxylic acids is 1. The third-order valence-electron chi connectivity index (χ3n) is 4.87. The number of ether oxygens (including phenoxy) is 1. The van der Waals surface area contributed by atoms with Crippen LogP contribution in [0.4, 0.5) is 0 Å². The first-order chi connectivity index (χ1) is 12.3. The highest BCUT2D eigenvalue weighted by molar-refractivity contribution is 5.97. The Morgan fingerprint density at radius 1 is 1.24 bits per heavy atom. The Kier molecular flexibility index (Phi) is 4.22. The van der Waals surface area contributed by atoms with Gasteiger partial charge in [-0.15, -0.1) is 0 Å². The van der Waals surface area contributed by atoms with E-state index >= 15 is 0 Å². The zero-order valence-electron chi connectivity index (χ0n) is 14.2. The molecule has 2 heterocycles. The molecule has 0 spiro atoms. The summed E-state index contributed by atoms with van der Waals surface area (Å²) in [6.07, 6.45) is 5.99. The van der Waals surface area contributed by atoms with Gasteiger partial charge in [-0.05, 0) is 37.1 Å². The Bertz CT molecular complexity index is 859. The summed E-state index contributed by atoms with van der Waals surface area (Å²) in [5.41, 5.74) is 0.609. The number of amides is 1. The zero-order valence-corrected chi connectivity index (χ0v) is 14.2. The highest BCUT2D eigenvalue weighted by Gasteiger charge is 2.30. The van der Waals surface area contributed by atoms with Gasteiger partial charge in [0.25, 0.3) is 5.91 Å². The number of fused-ring (bicyclic) bond motifs is 1. The summed E-state index contributed by atoms with van der Waals surface area (Å²) in [5, 5.41) is 0.868. The van der Waals surface area contributed by atoms with Gasteiger partial charge in [-0.3, -0.25) is 4.79 Å². The van der Waals surface area contributed by atoms with Crippen LogP contribution in [0.2, 0.25) is 0 Å². The normalized spacial score (nSPS) is 14.9. The molecule has 5 nitrogen and oxygen atoms in total. The summed E-state index contributed by atoms with van der Waals surface area (Å²) >= 11 is 0. The van der Waals surface area contributed by atoms with Crippen molar-refractivity contribution in [1.82, 2.24) is 4.90 Å². The van der Waals surface area contributed by atoms with E-state index in [1.54, 1.807) is 19.4 Å². The van der Waals surface area contributed by atoms with Crippen molar-refractivity contribution in [3.63, 3.8) is 0 Å². The molecule has 0 radical (unpaired) electrons. The van der Waals surface area contributed by atoms with Gasteiger partial charge < -0.3 is 18.5 Å². The van der Waals surface area contributed by atoms with Crippen LogP contribution in [0.25, 0.3) is 11.0 Å². The zero-order chi connectivity index (χ0) is 17.2. The average Bonchev–Trinajstić information content (AvgIpc) is 3.39. The molecule has 1 saturated carbocycles. The Morgan fingerprint density at radius 3 is 2.80 bits per heavy atom. The number of benzene rings is 1. The molecule has 0 bridgehead atoms. The lowest BCUT2D eigenvalue weighted by Crippen LogP contribution is -2.38. The Balaban J connectivity index is 1.67. The van der Waals surface area contributed by atoms with Gasteiger partial charge in [0, 0.05) is 11.4 Å². The number of hydrogen-bond donors (Lipinski definition) is 0. The van der Waals surface area contributed by atoms with Crippen LogP contribution in [-0.2, 0) is 6.54 Å². The van der Waals surface area contributed by atoms with E-state index in [-0.39, 0.29) is 11.9 Å². The second-order valence-corrected chi connectivity index (χ2v) is 6.44. The van der Waals surface area contributed by atoms with Gasteiger partial charge in [-0.1, -0.05) is 25.0 Å². The maximum absolute atomic E-state index is 13.2. The quantitative estimate of drug-likeness (QED) is 0.680. The summed E-state index contributed by atoms with van der Waals surface area (Å²) in [6, 6.07) is 11.4. The third-order valence-corrected chi connectivity index (χ3v) is 4.87. The molecule has 4 rings (SSSR count). The lowest BCUT2D eigenvalue weighted by atomic mass is 10.2. The van der Waals surface area contributed by atoms with E-state index in [1.807, 2.05) is 35.2 Å². The molecule has 5 heteroatoms. The molecule has 1 fully saturated rings. The summed E-state index contributed by atoms with van der Waals surface area (Å²) in [7, 11) is 1.60. The van der Waals surface area contributed by atoms with Gasteiger partial charge in [0.1, 0.15) is 5.76 Å². The Morgan fingerprint density at radius 2 is 2.08 bits per heavy atom.